The Balaban J connectivity index is 1.92. The summed E-state index contributed by atoms with van der Waals surface area (Å²) >= 11 is 0. The maximum Gasteiger partial charge on any atom is 0.151 e. The highest BCUT2D eigenvalue weighted by Gasteiger charge is 2.23. The summed E-state index contributed by atoms with van der Waals surface area (Å²) in [5.74, 6) is 7.29. The Hall–Kier alpha value is -1.60. The molecule has 4 heteroatoms. The van der Waals surface area contributed by atoms with Crippen molar-refractivity contribution in [1.29, 1.82) is 0 Å². The lowest BCUT2D eigenvalue weighted by Crippen LogP contribution is -2.35. The van der Waals surface area contributed by atoms with Gasteiger partial charge >= 0.3 is 0 Å². The Morgan fingerprint density at radius 3 is 2.58 bits per heavy atom. The fourth-order valence-corrected chi connectivity index (χ4v) is 2.56. The normalized spacial score (nSPS) is 22.5. The Morgan fingerprint density at radius 2 is 2.00 bits per heavy atom. The van der Waals surface area contributed by atoms with Crippen LogP contribution < -0.4 is 4.90 Å². The van der Waals surface area contributed by atoms with E-state index >= 15 is 0 Å². The van der Waals surface area contributed by atoms with Gasteiger partial charge in [0.05, 0.1) is 5.69 Å². The molecule has 0 spiro atoms. The third-order valence-electron chi connectivity index (χ3n) is 3.77. The molecule has 1 heterocycles. The predicted octanol–water partition coefficient (Wildman–Crippen LogP) is 1.78. The molecule has 1 aromatic heterocycles. The first-order valence-electron chi connectivity index (χ1n) is 6.83. The van der Waals surface area contributed by atoms with Gasteiger partial charge in [-0.2, -0.15) is 5.10 Å². The van der Waals surface area contributed by atoms with E-state index < -0.39 is 0 Å². The number of nitrogens with zero attached hydrogens (tertiary/aromatic N) is 3. The minimum absolute atomic E-state index is 0.0290. The minimum atomic E-state index is -0.0290. The van der Waals surface area contributed by atoms with Crippen LogP contribution in [0.2, 0.25) is 0 Å². The maximum absolute atomic E-state index is 8.71. The van der Waals surface area contributed by atoms with Crippen LogP contribution in [0.5, 0.6) is 0 Å². The molecule has 19 heavy (non-hydrogen) atoms. The Bertz CT molecular complexity index is 453. The summed E-state index contributed by atoms with van der Waals surface area (Å²) in [6.07, 6.45) is 4.44. The van der Waals surface area contributed by atoms with Gasteiger partial charge in [-0.15, -0.1) is 5.10 Å². The van der Waals surface area contributed by atoms with E-state index in [1.807, 2.05) is 19.1 Å². The molecule has 102 valence electrons. The second-order valence-electron chi connectivity index (χ2n) is 5.13. The summed E-state index contributed by atoms with van der Waals surface area (Å²) in [6.45, 7) is 1.92. The highest BCUT2D eigenvalue weighted by Crippen LogP contribution is 2.28. The molecule has 0 atom stereocenters. The van der Waals surface area contributed by atoms with E-state index in [1.165, 1.54) is 0 Å². The van der Waals surface area contributed by atoms with E-state index in [0.717, 1.165) is 37.2 Å². The number of aliphatic hydroxyl groups excluding tert-OH is 1. The van der Waals surface area contributed by atoms with E-state index in [2.05, 4.69) is 34.0 Å². The SMILES string of the molecule is Cc1ccc(N(C)[C@H]2CC[C@H](C#CCO)CC2)nn1. The van der Waals surface area contributed by atoms with Gasteiger partial charge in [0, 0.05) is 19.0 Å². The standard InChI is InChI=1S/C15H21N3O/c1-12-5-10-15(17-16-12)18(2)14-8-6-13(7-9-14)4-3-11-19/h5,10,13-14,19H,6-9,11H2,1-2H3/t13-,14-. The Labute approximate surface area is 114 Å². The first-order valence-corrected chi connectivity index (χ1v) is 6.83. The van der Waals surface area contributed by atoms with Crippen molar-refractivity contribution in [3.05, 3.63) is 17.8 Å². The highest BCUT2D eigenvalue weighted by atomic mass is 16.2. The maximum atomic E-state index is 8.71. The summed E-state index contributed by atoms with van der Waals surface area (Å²) in [7, 11) is 2.09. The van der Waals surface area contributed by atoms with Crippen molar-refractivity contribution >= 4 is 5.82 Å². The molecule has 0 aliphatic heterocycles. The van der Waals surface area contributed by atoms with Gasteiger partial charge in [0.15, 0.2) is 5.82 Å². The minimum Gasteiger partial charge on any atom is -0.384 e. The molecule has 1 fully saturated rings. The van der Waals surface area contributed by atoms with E-state index in [0.29, 0.717) is 12.0 Å². The van der Waals surface area contributed by atoms with Crippen LogP contribution in [0.3, 0.4) is 0 Å². The Kier molecular flexibility index (Phi) is 4.75. The molecule has 4 nitrogen and oxygen atoms in total. The number of anilines is 1. The van der Waals surface area contributed by atoms with Crippen LogP contribution in [0.15, 0.2) is 12.1 Å². The molecule has 1 aliphatic rings. The topological polar surface area (TPSA) is 49.2 Å². The van der Waals surface area contributed by atoms with Crippen LogP contribution in [0.4, 0.5) is 5.82 Å². The number of rotatable bonds is 2. The zero-order valence-electron chi connectivity index (χ0n) is 11.6. The van der Waals surface area contributed by atoms with Crippen molar-refractivity contribution in [3.8, 4) is 11.8 Å². The van der Waals surface area contributed by atoms with Gasteiger partial charge in [0.1, 0.15) is 6.61 Å². The van der Waals surface area contributed by atoms with Gasteiger partial charge in [-0.1, -0.05) is 11.8 Å². The Morgan fingerprint density at radius 1 is 1.26 bits per heavy atom. The molecule has 1 aromatic rings. The lowest BCUT2D eigenvalue weighted by molar-refractivity contribution is 0.348. The molecule has 1 N–H and O–H groups in total. The number of hydrogen-bond acceptors (Lipinski definition) is 4. The third kappa shape index (κ3) is 3.68. The summed E-state index contributed by atoms with van der Waals surface area (Å²) < 4.78 is 0. The van der Waals surface area contributed by atoms with Crippen LogP contribution >= 0.6 is 0 Å². The van der Waals surface area contributed by atoms with Crippen LogP contribution in [-0.2, 0) is 0 Å². The van der Waals surface area contributed by atoms with Gasteiger partial charge in [-0.3, -0.25) is 0 Å². The number of aliphatic hydroxyl groups is 1. The molecule has 1 aliphatic carbocycles. The molecule has 0 saturated heterocycles. The highest BCUT2D eigenvalue weighted by molar-refractivity contribution is 5.37. The van der Waals surface area contributed by atoms with Crippen LogP contribution in [0, 0.1) is 24.7 Å². The zero-order chi connectivity index (χ0) is 13.7. The lowest BCUT2D eigenvalue weighted by Gasteiger charge is -2.33. The molecule has 0 bridgehead atoms. The van der Waals surface area contributed by atoms with Gasteiger partial charge in [0.2, 0.25) is 0 Å². The van der Waals surface area contributed by atoms with Crippen molar-refractivity contribution in [3.63, 3.8) is 0 Å². The summed E-state index contributed by atoms with van der Waals surface area (Å²) in [5.41, 5.74) is 0.945. The fraction of sp³-hybridized carbons (Fsp3) is 0.600. The average molecular weight is 259 g/mol. The van der Waals surface area contributed by atoms with Crippen molar-refractivity contribution in [2.24, 2.45) is 5.92 Å². The monoisotopic (exact) mass is 259 g/mol. The van der Waals surface area contributed by atoms with E-state index in [1.54, 1.807) is 0 Å². The molecule has 0 amide bonds. The quantitative estimate of drug-likeness (QED) is 0.822. The van der Waals surface area contributed by atoms with Gasteiger partial charge in [-0.05, 0) is 44.7 Å². The average Bonchev–Trinajstić information content (AvgIpc) is 2.46. The first-order chi connectivity index (χ1) is 9.20. The second-order valence-corrected chi connectivity index (χ2v) is 5.13. The van der Waals surface area contributed by atoms with Gasteiger partial charge < -0.3 is 10.0 Å². The van der Waals surface area contributed by atoms with Crippen molar-refractivity contribution in [1.82, 2.24) is 10.2 Å². The molecule has 2 rings (SSSR count). The van der Waals surface area contributed by atoms with Gasteiger partial charge in [0.25, 0.3) is 0 Å². The van der Waals surface area contributed by atoms with E-state index in [-0.39, 0.29) is 6.61 Å². The van der Waals surface area contributed by atoms with Gasteiger partial charge in [-0.25, -0.2) is 0 Å². The molecular formula is C15H21N3O. The van der Waals surface area contributed by atoms with Crippen molar-refractivity contribution in [2.45, 2.75) is 38.6 Å². The smallest absolute Gasteiger partial charge is 0.151 e. The summed E-state index contributed by atoms with van der Waals surface area (Å²) in [6, 6.07) is 4.54. The molecule has 0 radical (unpaired) electrons. The fourth-order valence-electron chi connectivity index (χ4n) is 2.56. The molecule has 0 aromatic carbocycles. The summed E-state index contributed by atoms with van der Waals surface area (Å²) in [4.78, 5) is 2.22. The van der Waals surface area contributed by atoms with Crippen LogP contribution in [-0.4, -0.2) is 35.0 Å². The van der Waals surface area contributed by atoms with Crippen LogP contribution in [0.1, 0.15) is 31.4 Å². The number of aryl methyl sites for hydroxylation is 1. The molecular weight excluding hydrogens is 238 g/mol. The molecule has 0 unspecified atom stereocenters. The molecule has 1 saturated carbocycles. The first kappa shape index (κ1) is 13.8. The predicted molar refractivity (Wildman–Crippen MR) is 75.8 cm³/mol. The van der Waals surface area contributed by atoms with Crippen molar-refractivity contribution in [2.75, 3.05) is 18.6 Å². The van der Waals surface area contributed by atoms with E-state index in [4.69, 9.17) is 5.11 Å². The lowest BCUT2D eigenvalue weighted by atomic mass is 9.86. The summed E-state index contributed by atoms with van der Waals surface area (Å²) in [5, 5.41) is 17.1. The van der Waals surface area contributed by atoms with Crippen LogP contribution in [0.25, 0.3) is 0 Å². The van der Waals surface area contributed by atoms with Crippen molar-refractivity contribution < 1.29 is 5.11 Å². The van der Waals surface area contributed by atoms with E-state index in [9.17, 15) is 0 Å². The second kappa shape index (κ2) is 6.53. The number of aromatic nitrogens is 2. The third-order valence-corrected chi connectivity index (χ3v) is 3.77. The number of hydrogen-bond donors (Lipinski definition) is 1. The largest absolute Gasteiger partial charge is 0.384 e. The zero-order valence-corrected chi connectivity index (χ0v) is 11.6.